The number of nitrogens with one attached hydrogen (secondary N) is 1. The van der Waals surface area contributed by atoms with E-state index in [1.807, 2.05) is 6.92 Å². The molecule has 0 aliphatic carbocycles. The summed E-state index contributed by atoms with van der Waals surface area (Å²) >= 11 is 3.32. The molecule has 2 aromatic carbocycles. The summed E-state index contributed by atoms with van der Waals surface area (Å²) < 4.78 is 6.19. The molecule has 0 fully saturated rings. The third-order valence-corrected chi connectivity index (χ3v) is 3.29. The van der Waals surface area contributed by atoms with Gasteiger partial charge in [0, 0.05) is 10.0 Å². The van der Waals surface area contributed by atoms with Crippen molar-refractivity contribution in [2.75, 3.05) is 6.61 Å². The molecule has 0 aliphatic heterocycles. The van der Waals surface area contributed by atoms with Gasteiger partial charge in [-0.2, -0.15) is 5.10 Å². The largest absolute Gasteiger partial charge is 0.507 e. The number of rotatable bonds is 5. The van der Waals surface area contributed by atoms with Crippen molar-refractivity contribution in [1.29, 1.82) is 0 Å². The molecular weight excluding hydrogens is 348 g/mol. The van der Waals surface area contributed by atoms with Crippen molar-refractivity contribution in [2.24, 2.45) is 5.10 Å². The average molecular weight is 363 g/mol. The van der Waals surface area contributed by atoms with Gasteiger partial charge in [0.2, 0.25) is 0 Å². The normalized spacial score (nSPS) is 10.6. The van der Waals surface area contributed by atoms with E-state index >= 15 is 0 Å². The number of carbonyl (C=O) groups is 1. The predicted molar refractivity (Wildman–Crippen MR) is 88.5 cm³/mol. The topological polar surface area (TPSA) is 70.9 Å². The fourth-order valence-corrected chi connectivity index (χ4v) is 2.14. The van der Waals surface area contributed by atoms with Crippen molar-refractivity contribution >= 4 is 28.1 Å². The smallest absolute Gasteiger partial charge is 0.275 e. The van der Waals surface area contributed by atoms with Gasteiger partial charge in [-0.1, -0.05) is 28.1 Å². The van der Waals surface area contributed by atoms with Crippen molar-refractivity contribution in [3.8, 4) is 11.5 Å². The minimum absolute atomic E-state index is 0.0953. The molecule has 5 nitrogen and oxygen atoms in total. The Kier molecular flexibility index (Phi) is 5.55. The highest BCUT2D eigenvalue weighted by atomic mass is 79.9. The maximum absolute atomic E-state index is 12.2. The van der Waals surface area contributed by atoms with Gasteiger partial charge in [-0.3, -0.25) is 4.79 Å². The van der Waals surface area contributed by atoms with E-state index in [0.717, 1.165) is 4.47 Å². The zero-order valence-corrected chi connectivity index (χ0v) is 13.5. The van der Waals surface area contributed by atoms with E-state index in [1.54, 1.807) is 42.5 Å². The first kappa shape index (κ1) is 16.0. The Labute approximate surface area is 136 Å². The van der Waals surface area contributed by atoms with Crippen LogP contribution in [-0.2, 0) is 0 Å². The lowest BCUT2D eigenvalue weighted by Crippen LogP contribution is -2.18. The monoisotopic (exact) mass is 362 g/mol. The van der Waals surface area contributed by atoms with Crippen molar-refractivity contribution in [3.63, 3.8) is 0 Å². The van der Waals surface area contributed by atoms with Crippen LogP contribution in [0.5, 0.6) is 11.5 Å². The van der Waals surface area contributed by atoms with E-state index in [2.05, 4.69) is 26.5 Å². The third-order valence-electron chi connectivity index (χ3n) is 2.79. The summed E-state index contributed by atoms with van der Waals surface area (Å²) in [5, 5.41) is 13.5. The highest BCUT2D eigenvalue weighted by Crippen LogP contribution is 2.23. The molecule has 2 rings (SSSR count). The molecule has 22 heavy (non-hydrogen) atoms. The van der Waals surface area contributed by atoms with E-state index in [0.29, 0.717) is 23.5 Å². The number of ether oxygens (including phenoxy) is 1. The molecule has 0 radical (unpaired) electrons. The Morgan fingerprint density at radius 2 is 2.14 bits per heavy atom. The zero-order chi connectivity index (χ0) is 15.9. The molecule has 2 N–H and O–H groups in total. The number of hydrogen-bond donors (Lipinski definition) is 2. The standard InChI is InChI=1S/C16H15BrN2O3/c1-2-22-15-8-7-12(17)9-13(15)16(21)19-18-10-11-5-3-4-6-14(11)20/h3-10,20H,2H2,1H3,(H,19,21)/b18-10+. The summed E-state index contributed by atoms with van der Waals surface area (Å²) in [5.41, 5.74) is 3.32. The van der Waals surface area contributed by atoms with Gasteiger partial charge in [0.25, 0.3) is 5.91 Å². The Balaban J connectivity index is 2.12. The van der Waals surface area contributed by atoms with Crippen LogP contribution in [0.15, 0.2) is 52.0 Å². The second-order valence-electron chi connectivity index (χ2n) is 4.33. The molecule has 0 aromatic heterocycles. The van der Waals surface area contributed by atoms with Crippen molar-refractivity contribution < 1.29 is 14.6 Å². The number of hydrogen-bond acceptors (Lipinski definition) is 4. The second kappa shape index (κ2) is 7.61. The Morgan fingerprint density at radius 3 is 2.86 bits per heavy atom. The molecule has 0 unspecified atom stereocenters. The molecule has 114 valence electrons. The number of phenols is 1. The first-order chi connectivity index (χ1) is 10.6. The Hall–Kier alpha value is -2.34. The number of halogens is 1. The van der Waals surface area contributed by atoms with Crippen LogP contribution in [-0.4, -0.2) is 23.8 Å². The van der Waals surface area contributed by atoms with Gasteiger partial charge in [-0.25, -0.2) is 5.43 Å². The minimum atomic E-state index is -0.392. The molecule has 0 atom stereocenters. The number of nitrogens with zero attached hydrogens (tertiary/aromatic N) is 1. The summed E-state index contributed by atoms with van der Waals surface area (Å²) in [6, 6.07) is 11.9. The Bertz CT molecular complexity index is 702. The van der Waals surface area contributed by atoms with Gasteiger partial charge in [0.05, 0.1) is 18.4 Å². The predicted octanol–water partition coefficient (Wildman–Crippen LogP) is 3.32. The van der Waals surface area contributed by atoms with Gasteiger partial charge in [0.1, 0.15) is 11.5 Å². The minimum Gasteiger partial charge on any atom is -0.507 e. The van der Waals surface area contributed by atoms with Gasteiger partial charge in [0.15, 0.2) is 0 Å². The lowest BCUT2D eigenvalue weighted by Gasteiger charge is -2.09. The van der Waals surface area contributed by atoms with Crippen molar-refractivity contribution in [1.82, 2.24) is 5.43 Å². The molecule has 2 aromatic rings. The molecule has 0 saturated heterocycles. The number of para-hydroxylation sites is 1. The molecule has 1 amide bonds. The number of carbonyl (C=O) groups excluding carboxylic acids is 1. The van der Waals surface area contributed by atoms with Crippen LogP contribution in [0.1, 0.15) is 22.8 Å². The first-order valence-electron chi connectivity index (χ1n) is 6.65. The maximum atomic E-state index is 12.2. The van der Waals surface area contributed by atoms with E-state index in [-0.39, 0.29) is 5.75 Å². The quantitative estimate of drug-likeness (QED) is 0.633. The molecule has 6 heteroatoms. The van der Waals surface area contributed by atoms with E-state index in [1.165, 1.54) is 6.21 Å². The number of amides is 1. The lowest BCUT2D eigenvalue weighted by atomic mass is 10.2. The van der Waals surface area contributed by atoms with Gasteiger partial charge in [-0.05, 0) is 37.3 Å². The van der Waals surface area contributed by atoms with Crippen LogP contribution in [0.2, 0.25) is 0 Å². The summed E-state index contributed by atoms with van der Waals surface area (Å²) in [4.78, 5) is 12.2. The number of phenolic OH excluding ortho intramolecular Hbond substituents is 1. The van der Waals surface area contributed by atoms with E-state index < -0.39 is 5.91 Å². The molecule has 0 aliphatic rings. The lowest BCUT2D eigenvalue weighted by molar-refractivity contribution is 0.0951. The number of hydrazone groups is 1. The van der Waals surface area contributed by atoms with Crippen LogP contribution in [0.3, 0.4) is 0 Å². The summed E-state index contributed by atoms with van der Waals surface area (Å²) in [5.74, 6) is 0.190. The molecule has 0 spiro atoms. The molecule has 0 bridgehead atoms. The fraction of sp³-hybridized carbons (Fsp3) is 0.125. The Morgan fingerprint density at radius 1 is 1.36 bits per heavy atom. The third kappa shape index (κ3) is 4.08. The summed E-state index contributed by atoms with van der Waals surface area (Å²) in [6.07, 6.45) is 1.38. The highest BCUT2D eigenvalue weighted by molar-refractivity contribution is 9.10. The SMILES string of the molecule is CCOc1ccc(Br)cc1C(=O)N/N=C/c1ccccc1O. The number of aromatic hydroxyl groups is 1. The highest BCUT2D eigenvalue weighted by Gasteiger charge is 2.12. The number of benzene rings is 2. The maximum Gasteiger partial charge on any atom is 0.275 e. The average Bonchev–Trinajstić information content (AvgIpc) is 2.51. The van der Waals surface area contributed by atoms with Crippen molar-refractivity contribution in [3.05, 3.63) is 58.1 Å². The van der Waals surface area contributed by atoms with Crippen LogP contribution in [0.25, 0.3) is 0 Å². The summed E-state index contributed by atoms with van der Waals surface area (Å²) in [7, 11) is 0. The van der Waals surface area contributed by atoms with E-state index in [9.17, 15) is 9.90 Å². The summed E-state index contributed by atoms with van der Waals surface area (Å²) in [6.45, 7) is 2.31. The molecular formula is C16H15BrN2O3. The van der Waals surface area contributed by atoms with Gasteiger partial charge < -0.3 is 9.84 Å². The van der Waals surface area contributed by atoms with Crippen LogP contribution in [0.4, 0.5) is 0 Å². The first-order valence-corrected chi connectivity index (χ1v) is 7.45. The second-order valence-corrected chi connectivity index (χ2v) is 5.25. The van der Waals surface area contributed by atoms with Gasteiger partial charge >= 0.3 is 0 Å². The molecule has 0 heterocycles. The van der Waals surface area contributed by atoms with Crippen molar-refractivity contribution in [2.45, 2.75) is 6.92 Å². The van der Waals surface area contributed by atoms with Crippen LogP contribution < -0.4 is 10.2 Å². The molecule has 0 saturated carbocycles. The van der Waals surface area contributed by atoms with Crippen LogP contribution >= 0.6 is 15.9 Å². The van der Waals surface area contributed by atoms with E-state index in [4.69, 9.17) is 4.74 Å². The zero-order valence-electron chi connectivity index (χ0n) is 11.9. The van der Waals surface area contributed by atoms with Crippen LogP contribution in [0, 0.1) is 0 Å². The fourth-order valence-electron chi connectivity index (χ4n) is 1.78. The van der Waals surface area contributed by atoms with Gasteiger partial charge in [-0.15, -0.1) is 0 Å².